The Bertz CT molecular complexity index is 1080. The number of amides is 2. The lowest BCUT2D eigenvalue weighted by molar-refractivity contribution is -0.384. The summed E-state index contributed by atoms with van der Waals surface area (Å²) in [6.45, 7) is 1.42. The number of carbonyl (C=O) groups is 3. The first kappa shape index (κ1) is 22.0. The Morgan fingerprint density at radius 3 is 2.32 bits per heavy atom. The number of halogens is 1. The van der Waals surface area contributed by atoms with E-state index in [1.807, 2.05) is 0 Å². The molecular weight excluding hydrogens is 426 g/mol. The van der Waals surface area contributed by atoms with E-state index < -0.39 is 22.7 Å². The van der Waals surface area contributed by atoms with Crippen molar-refractivity contribution in [2.24, 2.45) is 0 Å². The molecule has 0 unspecified atom stereocenters. The van der Waals surface area contributed by atoms with E-state index in [9.17, 15) is 29.6 Å². The Kier molecular flexibility index (Phi) is 6.36. The fraction of sp³-hybridized carbons (Fsp3) is 0.190. The average Bonchev–Trinajstić information content (AvgIpc) is 2.98. The van der Waals surface area contributed by atoms with Gasteiger partial charge in [0.15, 0.2) is 0 Å². The minimum Gasteiger partial charge on any atom is -0.507 e. The Morgan fingerprint density at radius 1 is 1.16 bits per heavy atom. The third-order valence-corrected chi connectivity index (χ3v) is 5.06. The molecule has 1 atom stereocenters. The van der Waals surface area contributed by atoms with Crippen LogP contribution in [0, 0.1) is 10.1 Å². The number of carbonyl (C=O) groups excluding carboxylic acids is 3. The van der Waals surface area contributed by atoms with Crippen molar-refractivity contribution in [1.29, 1.82) is 0 Å². The molecule has 10 heteroatoms. The summed E-state index contributed by atoms with van der Waals surface area (Å²) in [4.78, 5) is 48.4. The Balaban J connectivity index is 2.10. The largest absolute Gasteiger partial charge is 0.507 e. The lowest BCUT2D eigenvalue weighted by atomic mass is 9.95. The third kappa shape index (κ3) is 4.56. The number of nitro benzene ring substituents is 1. The number of nitrogens with one attached hydrogen (secondary N) is 1. The van der Waals surface area contributed by atoms with Crippen molar-refractivity contribution in [3.05, 3.63) is 80.4 Å². The van der Waals surface area contributed by atoms with Crippen molar-refractivity contribution in [2.45, 2.75) is 13.0 Å². The molecule has 1 saturated heterocycles. The molecule has 1 aliphatic rings. The fourth-order valence-electron chi connectivity index (χ4n) is 3.35. The zero-order chi connectivity index (χ0) is 22.7. The maximum atomic E-state index is 12.8. The van der Waals surface area contributed by atoms with Crippen molar-refractivity contribution in [2.75, 3.05) is 13.1 Å². The molecule has 0 spiro atoms. The summed E-state index contributed by atoms with van der Waals surface area (Å²) in [5, 5.41) is 24.8. The van der Waals surface area contributed by atoms with Gasteiger partial charge in [-0.25, -0.2) is 0 Å². The fourth-order valence-corrected chi connectivity index (χ4v) is 3.48. The topological polar surface area (TPSA) is 130 Å². The van der Waals surface area contributed by atoms with E-state index in [1.54, 1.807) is 0 Å². The molecule has 9 nitrogen and oxygen atoms in total. The van der Waals surface area contributed by atoms with Gasteiger partial charge in [0.25, 0.3) is 17.4 Å². The van der Waals surface area contributed by atoms with Crippen LogP contribution in [-0.4, -0.2) is 45.6 Å². The second kappa shape index (κ2) is 8.97. The molecule has 2 aromatic rings. The molecule has 3 rings (SSSR count). The van der Waals surface area contributed by atoms with E-state index in [-0.39, 0.29) is 41.6 Å². The smallest absolute Gasteiger partial charge is 0.295 e. The number of aliphatic hydroxyl groups is 1. The van der Waals surface area contributed by atoms with Crippen molar-refractivity contribution < 1.29 is 24.4 Å². The summed E-state index contributed by atoms with van der Waals surface area (Å²) >= 11 is 5.88. The average molecular weight is 444 g/mol. The van der Waals surface area contributed by atoms with E-state index in [2.05, 4.69) is 5.32 Å². The van der Waals surface area contributed by atoms with E-state index >= 15 is 0 Å². The second-order valence-electron chi connectivity index (χ2n) is 6.83. The molecule has 0 aromatic heterocycles. The standard InChI is InChI=1S/C21H18ClN3O6/c1-12(26)23-10-11-24-18(13-4-8-16(9-5-13)25(30)31)17(20(28)21(24)29)19(27)14-2-6-15(22)7-3-14/h2-9,18,27H,10-11H2,1H3,(H,23,26)/b19-17+/t18-/m0/s1. The number of ketones is 1. The molecule has 2 aromatic carbocycles. The van der Waals surface area contributed by atoms with Crippen LogP contribution >= 0.6 is 11.6 Å². The normalized spacial score (nSPS) is 17.6. The lowest BCUT2D eigenvalue weighted by Gasteiger charge is -2.25. The second-order valence-corrected chi connectivity index (χ2v) is 7.27. The molecule has 160 valence electrons. The SMILES string of the molecule is CC(=O)NCCN1C(=O)C(=O)/C(=C(/O)c2ccc(Cl)cc2)[C@@H]1c1ccc([N+](=O)[O-])cc1. The quantitative estimate of drug-likeness (QED) is 0.232. The zero-order valence-electron chi connectivity index (χ0n) is 16.4. The van der Waals surface area contributed by atoms with Crippen LogP contribution in [0.1, 0.15) is 24.1 Å². The van der Waals surface area contributed by atoms with Crippen LogP contribution in [0.25, 0.3) is 5.76 Å². The summed E-state index contributed by atoms with van der Waals surface area (Å²) in [5.74, 6) is -2.42. The molecule has 0 radical (unpaired) electrons. The summed E-state index contributed by atoms with van der Waals surface area (Å²) in [5.41, 5.74) is 0.389. The van der Waals surface area contributed by atoms with E-state index in [0.717, 1.165) is 0 Å². The number of hydrogen-bond donors (Lipinski definition) is 2. The predicted molar refractivity (Wildman–Crippen MR) is 112 cm³/mol. The highest BCUT2D eigenvalue weighted by atomic mass is 35.5. The van der Waals surface area contributed by atoms with Gasteiger partial charge in [-0.3, -0.25) is 24.5 Å². The number of Topliss-reactive ketones (excluding diaryl/α,β-unsaturated/α-hetero) is 1. The number of non-ortho nitro benzene ring substituents is 1. The van der Waals surface area contributed by atoms with Crippen LogP contribution in [0.3, 0.4) is 0 Å². The molecule has 0 saturated carbocycles. The summed E-state index contributed by atoms with van der Waals surface area (Å²) in [7, 11) is 0. The van der Waals surface area contributed by atoms with Crippen molar-refractivity contribution in [1.82, 2.24) is 10.2 Å². The van der Waals surface area contributed by atoms with Gasteiger partial charge < -0.3 is 15.3 Å². The Labute approximate surface area is 182 Å². The summed E-state index contributed by atoms with van der Waals surface area (Å²) < 4.78 is 0. The molecule has 31 heavy (non-hydrogen) atoms. The van der Waals surface area contributed by atoms with Crippen LogP contribution < -0.4 is 5.32 Å². The van der Waals surface area contributed by atoms with Gasteiger partial charge in [-0.1, -0.05) is 11.6 Å². The van der Waals surface area contributed by atoms with Gasteiger partial charge in [-0.2, -0.15) is 0 Å². The van der Waals surface area contributed by atoms with Gasteiger partial charge in [0, 0.05) is 42.7 Å². The number of nitrogens with zero attached hydrogens (tertiary/aromatic N) is 2. The molecule has 2 amide bonds. The number of benzene rings is 2. The predicted octanol–water partition coefficient (Wildman–Crippen LogP) is 2.81. The van der Waals surface area contributed by atoms with Crippen LogP contribution in [0.15, 0.2) is 54.1 Å². The van der Waals surface area contributed by atoms with Crippen molar-refractivity contribution >= 4 is 40.6 Å². The molecular formula is C21H18ClN3O6. The minimum absolute atomic E-state index is 0.00318. The third-order valence-electron chi connectivity index (χ3n) is 4.80. The van der Waals surface area contributed by atoms with Gasteiger partial charge in [-0.15, -0.1) is 0 Å². The van der Waals surface area contributed by atoms with E-state index in [0.29, 0.717) is 10.6 Å². The molecule has 0 bridgehead atoms. The highest BCUT2D eigenvalue weighted by Crippen LogP contribution is 2.39. The van der Waals surface area contributed by atoms with Gasteiger partial charge in [-0.05, 0) is 42.0 Å². The van der Waals surface area contributed by atoms with Gasteiger partial charge in [0.05, 0.1) is 16.5 Å². The highest BCUT2D eigenvalue weighted by Gasteiger charge is 2.45. The first-order valence-corrected chi connectivity index (χ1v) is 9.61. The summed E-state index contributed by atoms with van der Waals surface area (Å²) in [6.07, 6.45) is 0. The monoisotopic (exact) mass is 443 g/mol. The van der Waals surface area contributed by atoms with Gasteiger partial charge in [0.1, 0.15) is 5.76 Å². The first-order valence-electron chi connectivity index (χ1n) is 9.24. The first-order chi connectivity index (χ1) is 14.7. The number of nitro groups is 1. The summed E-state index contributed by atoms with van der Waals surface area (Å²) in [6, 6.07) is 10.5. The number of aliphatic hydroxyl groups excluding tert-OH is 1. The van der Waals surface area contributed by atoms with Crippen molar-refractivity contribution in [3.8, 4) is 0 Å². The molecule has 1 heterocycles. The number of hydrogen-bond acceptors (Lipinski definition) is 6. The van der Waals surface area contributed by atoms with Crippen LogP contribution in [-0.2, 0) is 14.4 Å². The Hall–Kier alpha value is -3.72. The highest BCUT2D eigenvalue weighted by molar-refractivity contribution is 6.46. The van der Waals surface area contributed by atoms with Gasteiger partial charge >= 0.3 is 0 Å². The van der Waals surface area contributed by atoms with Crippen LogP contribution in [0.5, 0.6) is 0 Å². The lowest BCUT2D eigenvalue weighted by Crippen LogP contribution is -2.37. The van der Waals surface area contributed by atoms with Gasteiger partial charge in [0.2, 0.25) is 5.91 Å². The Morgan fingerprint density at radius 2 is 1.77 bits per heavy atom. The molecule has 2 N–H and O–H groups in total. The molecule has 0 aliphatic carbocycles. The minimum atomic E-state index is -0.981. The van der Waals surface area contributed by atoms with E-state index in [4.69, 9.17) is 11.6 Å². The number of likely N-dealkylation sites (tertiary alicyclic amines) is 1. The van der Waals surface area contributed by atoms with Crippen molar-refractivity contribution in [3.63, 3.8) is 0 Å². The number of rotatable bonds is 6. The zero-order valence-corrected chi connectivity index (χ0v) is 17.1. The van der Waals surface area contributed by atoms with Crippen LogP contribution in [0.2, 0.25) is 5.02 Å². The molecule has 1 fully saturated rings. The van der Waals surface area contributed by atoms with E-state index in [1.165, 1.54) is 60.4 Å². The maximum Gasteiger partial charge on any atom is 0.295 e. The maximum absolute atomic E-state index is 12.8. The van der Waals surface area contributed by atoms with Crippen LogP contribution in [0.4, 0.5) is 5.69 Å². The molecule has 1 aliphatic heterocycles.